The maximum atomic E-state index is 12.2. The molecule has 0 N–H and O–H groups in total. The molecule has 1 aliphatic rings. The average molecular weight is 302 g/mol. The second-order valence-corrected chi connectivity index (χ2v) is 4.82. The number of nitrogens with zero attached hydrogens (tertiary/aromatic N) is 4. The van der Waals surface area contributed by atoms with Gasteiger partial charge in [-0.3, -0.25) is 0 Å². The van der Waals surface area contributed by atoms with E-state index in [4.69, 9.17) is 9.47 Å². The van der Waals surface area contributed by atoms with Gasteiger partial charge in [-0.15, -0.1) is 5.10 Å². The molecule has 0 aliphatic carbocycles. The average Bonchev–Trinajstić information content (AvgIpc) is 3.02. The van der Waals surface area contributed by atoms with Crippen molar-refractivity contribution in [3.05, 3.63) is 36.2 Å². The van der Waals surface area contributed by atoms with Gasteiger partial charge in [0, 0.05) is 25.5 Å². The highest BCUT2D eigenvalue weighted by Crippen LogP contribution is 2.22. The van der Waals surface area contributed by atoms with Crippen molar-refractivity contribution >= 4 is 11.8 Å². The Morgan fingerprint density at radius 2 is 2.18 bits per heavy atom. The minimum Gasteiger partial charge on any atom is -0.462 e. The Morgan fingerprint density at radius 1 is 1.36 bits per heavy atom. The molecule has 2 aromatic heterocycles. The van der Waals surface area contributed by atoms with E-state index in [9.17, 15) is 4.79 Å². The number of aromatic nitrogens is 3. The summed E-state index contributed by atoms with van der Waals surface area (Å²) in [6.45, 7) is 4.76. The number of hydrogen-bond acceptors (Lipinski definition) is 6. The molecular formula is C15H18N4O3. The molecule has 22 heavy (non-hydrogen) atoms. The number of hydrogen-bond donors (Lipinski definition) is 0. The molecule has 0 atom stereocenters. The van der Waals surface area contributed by atoms with Gasteiger partial charge in [0.2, 0.25) is 0 Å². The van der Waals surface area contributed by atoms with Gasteiger partial charge in [0.15, 0.2) is 11.6 Å². The van der Waals surface area contributed by atoms with E-state index in [1.165, 1.54) is 0 Å². The number of pyridine rings is 1. The predicted octanol–water partition coefficient (Wildman–Crippen LogP) is 1.28. The first kappa shape index (κ1) is 14.5. The lowest BCUT2D eigenvalue weighted by atomic mass is 10.3. The summed E-state index contributed by atoms with van der Waals surface area (Å²) in [6, 6.07) is 5.55. The SMILES string of the molecule is CCOC(=O)c1cn(-c2ccccn2)nc1N1CCOCC1. The number of ether oxygens (including phenoxy) is 2. The van der Waals surface area contributed by atoms with Crippen molar-refractivity contribution in [3.63, 3.8) is 0 Å². The molecule has 1 fully saturated rings. The second-order valence-electron chi connectivity index (χ2n) is 4.82. The van der Waals surface area contributed by atoms with Gasteiger partial charge in [-0.1, -0.05) is 6.07 Å². The summed E-state index contributed by atoms with van der Waals surface area (Å²) < 4.78 is 12.1. The third-order valence-electron chi connectivity index (χ3n) is 3.38. The van der Waals surface area contributed by atoms with Gasteiger partial charge in [-0.2, -0.15) is 0 Å². The Hall–Kier alpha value is -2.41. The Labute approximate surface area is 128 Å². The third kappa shape index (κ3) is 2.94. The normalized spacial score (nSPS) is 14.9. The van der Waals surface area contributed by atoms with Crippen molar-refractivity contribution < 1.29 is 14.3 Å². The lowest BCUT2D eigenvalue weighted by molar-refractivity contribution is 0.0526. The number of rotatable bonds is 4. The van der Waals surface area contributed by atoms with Crippen LogP contribution in [-0.2, 0) is 9.47 Å². The molecule has 2 aromatic rings. The van der Waals surface area contributed by atoms with E-state index in [-0.39, 0.29) is 5.97 Å². The van der Waals surface area contributed by atoms with Crippen molar-refractivity contribution in [1.29, 1.82) is 0 Å². The molecule has 116 valence electrons. The highest BCUT2D eigenvalue weighted by molar-refractivity contribution is 5.94. The van der Waals surface area contributed by atoms with Crippen LogP contribution in [0.25, 0.3) is 5.82 Å². The largest absolute Gasteiger partial charge is 0.462 e. The monoisotopic (exact) mass is 302 g/mol. The summed E-state index contributed by atoms with van der Waals surface area (Å²) in [5.41, 5.74) is 0.453. The number of esters is 1. The highest BCUT2D eigenvalue weighted by atomic mass is 16.5. The summed E-state index contributed by atoms with van der Waals surface area (Å²) in [4.78, 5) is 18.5. The molecule has 0 aromatic carbocycles. The van der Waals surface area contributed by atoms with Gasteiger partial charge in [0.25, 0.3) is 0 Å². The molecule has 1 aliphatic heterocycles. The molecular weight excluding hydrogens is 284 g/mol. The third-order valence-corrected chi connectivity index (χ3v) is 3.38. The summed E-state index contributed by atoms with van der Waals surface area (Å²) in [6.07, 6.45) is 3.36. The molecule has 7 nitrogen and oxygen atoms in total. The molecule has 0 unspecified atom stereocenters. The van der Waals surface area contributed by atoms with E-state index < -0.39 is 0 Å². The first-order valence-corrected chi connectivity index (χ1v) is 7.30. The minimum absolute atomic E-state index is 0.330. The molecule has 0 saturated carbocycles. The molecule has 1 saturated heterocycles. The Balaban J connectivity index is 1.98. The van der Waals surface area contributed by atoms with Crippen molar-refractivity contribution in [2.45, 2.75) is 6.92 Å². The van der Waals surface area contributed by atoms with E-state index in [1.807, 2.05) is 23.1 Å². The molecule has 0 amide bonds. The molecule has 0 spiro atoms. The molecule has 0 radical (unpaired) electrons. The fourth-order valence-electron chi connectivity index (χ4n) is 2.33. The van der Waals surface area contributed by atoms with E-state index in [0.29, 0.717) is 50.1 Å². The van der Waals surface area contributed by atoms with Crippen LogP contribution in [0, 0.1) is 0 Å². The van der Waals surface area contributed by atoms with Crippen molar-refractivity contribution in [2.75, 3.05) is 37.8 Å². The van der Waals surface area contributed by atoms with E-state index in [1.54, 1.807) is 24.0 Å². The first-order valence-electron chi connectivity index (χ1n) is 7.30. The lowest BCUT2D eigenvalue weighted by Gasteiger charge is -2.27. The molecule has 3 rings (SSSR count). The smallest absolute Gasteiger partial charge is 0.343 e. The van der Waals surface area contributed by atoms with E-state index >= 15 is 0 Å². The van der Waals surface area contributed by atoms with Crippen LogP contribution in [0.15, 0.2) is 30.6 Å². The lowest BCUT2D eigenvalue weighted by Crippen LogP contribution is -2.37. The van der Waals surface area contributed by atoms with Crippen LogP contribution in [0.1, 0.15) is 17.3 Å². The number of morpholine rings is 1. The van der Waals surface area contributed by atoms with Gasteiger partial charge < -0.3 is 14.4 Å². The van der Waals surface area contributed by atoms with Crippen LogP contribution in [0.5, 0.6) is 0 Å². The van der Waals surface area contributed by atoms with Crippen molar-refractivity contribution in [2.24, 2.45) is 0 Å². The van der Waals surface area contributed by atoms with Crippen LogP contribution >= 0.6 is 0 Å². The number of carbonyl (C=O) groups excluding carboxylic acids is 1. The summed E-state index contributed by atoms with van der Waals surface area (Å²) in [7, 11) is 0. The maximum Gasteiger partial charge on any atom is 0.343 e. The maximum absolute atomic E-state index is 12.2. The minimum atomic E-state index is -0.369. The summed E-state index contributed by atoms with van der Waals surface area (Å²) in [5.74, 6) is 0.908. The van der Waals surface area contributed by atoms with Crippen LogP contribution < -0.4 is 4.90 Å². The number of carbonyl (C=O) groups is 1. The van der Waals surface area contributed by atoms with Crippen LogP contribution in [0.3, 0.4) is 0 Å². The number of anilines is 1. The van der Waals surface area contributed by atoms with Gasteiger partial charge in [-0.25, -0.2) is 14.5 Å². The second kappa shape index (κ2) is 6.57. The predicted molar refractivity (Wildman–Crippen MR) is 80.3 cm³/mol. The van der Waals surface area contributed by atoms with Gasteiger partial charge in [0.05, 0.1) is 19.8 Å². The summed E-state index contributed by atoms with van der Waals surface area (Å²) in [5, 5.41) is 4.53. The molecule has 3 heterocycles. The van der Waals surface area contributed by atoms with Gasteiger partial charge in [0.1, 0.15) is 5.56 Å². The summed E-state index contributed by atoms with van der Waals surface area (Å²) >= 11 is 0. The van der Waals surface area contributed by atoms with E-state index in [0.717, 1.165) is 0 Å². The zero-order valence-electron chi connectivity index (χ0n) is 12.4. The first-order chi connectivity index (χ1) is 10.8. The Bertz CT molecular complexity index is 635. The quantitative estimate of drug-likeness (QED) is 0.793. The van der Waals surface area contributed by atoms with Crippen LogP contribution in [0.2, 0.25) is 0 Å². The van der Waals surface area contributed by atoms with Crippen molar-refractivity contribution in [1.82, 2.24) is 14.8 Å². The van der Waals surface area contributed by atoms with Crippen LogP contribution in [-0.4, -0.2) is 53.6 Å². The molecule has 7 heteroatoms. The van der Waals surface area contributed by atoms with Gasteiger partial charge >= 0.3 is 5.97 Å². The van der Waals surface area contributed by atoms with Crippen molar-refractivity contribution in [3.8, 4) is 5.82 Å². The van der Waals surface area contributed by atoms with E-state index in [2.05, 4.69) is 10.1 Å². The van der Waals surface area contributed by atoms with Gasteiger partial charge in [-0.05, 0) is 19.1 Å². The zero-order valence-corrected chi connectivity index (χ0v) is 12.4. The fourth-order valence-corrected chi connectivity index (χ4v) is 2.33. The topological polar surface area (TPSA) is 69.5 Å². The highest BCUT2D eigenvalue weighted by Gasteiger charge is 2.24. The zero-order chi connectivity index (χ0) is 15.4. The van der Waals surface area contributed by atoms with Crippen LogP contribution in [0.4, 0.5) is 5.82 Å². The Morgan fingerprint density at radius 3 is 2.86 bits per heavy atom. The fraction of sp³-hybridized carbons (Fsp3) is 0.400. The standard InChI is InChI=1S/C15H18N4O3/c1-2-22-15(20)12-11-19(13-5-3-4-6-16-13)17-14(12)18-7-9-21-10-8-18/h3-6,11H,2,7-10H2,1H3. The molecule has 0 bridgehead atoms. The Kier molecular flexibility index (Phi) is 4.34.